The van der Waals surface area contributed by atoms with Crippen molar-refractivity contribution >= 4 is 0 Å². The molecule has 0 spiro atoms. The van der Waals surface area contributed by atoms with Crippen LogP contribution >= 0.6 is 0 Å². The van der Waals surface area contributed by atoms with Crippen molar-refractivity contribution in [2.24, 2.45) is 5.41 Å². The Bertz CT molecular complexity index is 359. The Kier molecular flexibility index (Phi) is 3.02. The first kappa shape index (κ1) is 11.6. The van der Waals surface area contributed by atoms with E-state index >= 15 is 0 Å². The fourth-order valence-electron chi connectivity index (χ4n) is 2.52. The highest BCUT2D eigenvalue weighted by molar-refractivity contribution is 4.89. The van der Waals surface area contributed by atoms with Crippen molar-refractivity contribution in [3.8, 4) is 0 Å². The van der Waals surface area contributed by atoms with Gasteiger partial charge in [-0.2, -0.15) is 0 Å². The fourth-order valence-corrected chi connectivity index (χ4v) is 2.52. The van der Waals surface area contributed by atoms with Crippen LogP contribution in [0.15, 0.2) is 4.42 Å². The molecule has 1 atom stereocenters. The Morgan fingerprint density at radius 2 is 2.19 bits per heavy atom. The summed E-state index contributed by atoms with van der Waals surface area (Å²) in [5.41, 5.74) is 0.490. The van der Waals surface area contributed by atoms with Crippen LogP contribution < -0.4 is 0 Å². The van der Waals surface area contributed by atoms with Gasteiger partial charge in [-0.1, -0.05) is 13.8 Å². The molecule has 0 radical (unpaired) electrons. The van der Waals surface area contributed by atoms with E-state index in [1.807, 2.05) is 6.92 Å². The number of hydrogen-bond acceptors (Lipinski definition) is 4. The molecule has 4 heteroatoms. The van der Waals surface area contributed by atoms with Gasteiger partial charge in [0.05, 0.1) is 6.54 Å². The molecular formula is C12H21N3O. The predicted octanol–water partition coefficient (Wildman–Crippen LogP) is 2.39. The molecule has 0 bridgehead atoms. The lowest BCUT2D eigenvalue weighted by molar-refractivity contribution is 0.200. The van der Waals surface area contributed by atoms with Crippen LogP contribution in [-0.2, 0) is 6.54 Å². The highest BCUT2D eigenvalue weighted by Crippen LogP contribution is 2.39. The average molecular weight is 223 g/mol. The molecule has 1 aliphatic carbocycles. The molecule has 1 aromatic rings. The Hall–Kier alpha value is -0.900. The molecular weight excluding hydrogens is 202 g/mol. The maximum Gasteiger partial charge on any atom is 0.230 e. The smallest absolute Gasteiger partial charge is 0.230 e. The molecule has 2 rings (SSSR count). The Morgan fingerprint density at radius 1 is 1.44 bits per heavy atom. The van der Waals surface area contributed by atoms with E-state index in [0.29, 0.717) is 17.3 Å². The lowest BCUT2D eigenvalue weighted by atomic mass is 9.91. The standard InChI is InChI=1S/C12H21N3O/c1-9-13-14-11(16-9)8-15(4)10-5-6-12(2,3)7-10/h10H,5-8H2,1-4H3. The highest BCUT2D eigenvalue weighted by Gasteiger charge is 2.33. The van der Waals surface area contributed by atoms with E-state index in [-0.39, 0.29) is 0 Å². The van der Waals surface area contributed by atoms with E-state index in [1.165, 1.54) is 19.3 Å². The van der Waals surface area contributed by atoms with Crippen molar-refractivity contribution in [3.63, 3.8) is 0 Å². The first-order valence-electron chi connectivity index (χ1n) is 5.95. The molecule has 0 N–H and O–H groups in total. The van der Waals surface area contributed by atoms with E-state index in [4.69, 9.17) is 4.42 Å². The van der Waals surface area contributed by atoms with Crippen LogP contribution in [0.1, 0.15) is 44.9 Å². The topological polar surface area (TPSA) is 42.2 Å². The highest BCUT2D eigenvalue weighted by atomic mass is 16.4. The summed E-state index contributed by atoms with van der Waals surface area (Å²) >= 11 is 0. The van der Waals surface area contributed by atoms with E-state index in [9.17, 15) is 0 Å². The monoisotopic (exact) mass is 223 g/mol. The number of rotatable bonds is 3. The molecule has 1 aliphatic rings. The Balaban J connectivity index is 1.91. The van der Waals surface area contributed by atoms with Gasteiger partial charge in [-0.05, 0) is 31.7 Å². The number of aryl methyl sites for hydroxylation is 1. The van der Waals surface area contributed by atoms with Gasteiger partial charge in [0.2, 0.25) is 11.8 Å². The second kappa shape index (κ2) is 4.17. The van der Waals surface area contributed by atoms with Gasteiger partial charge in [0.25, 0.3) is 0 Å². The van der Waals surface area contributed by atoms with Crippen LogP contribution in [0.2, 0.25) is 0 Å². The average Bonchev–Trinajstić information content (AvgIpc) is 2.72. The summed E-state index contributed by atoms with van der Waals surface area (Å²) in [4.78, 5) is 2.34. The van der Waals surface area contributed by atoms with E-state index in [1.54, 1.807) is 0 Å². The zero-order valence-corrected chi connectivity index (χ0v) is 10.7. The zero-order chi connectivity index (χ0) is 11.8. The minimum absolute atomic E-state index is 0.490. The quantitative estimate of drug-likeness (QED) is 0.789. The number of nitrogens with zero attached hydrogens (tertiary/aromatic N) is 3. The SMILES string of the molecule is Cc1nnc(CN(C)C2CCC(C)(C)C2)o1. The minimum atomic E-state index is 0.490. The van der Waals surface area contributed by atoms with Crippen molar-refractivity contribution in [2.75, 3.05) is 7.05 Å². The van der Waals surface area contributed by atoms with Crippen molar-refractivity contribution in [2.45, 2.75) is 52.6 Å². The van der Waals surface area contributed by atoms with Crippen molar-refractivity contribution in [3.05, 3.63) is 11.8 Å². The first-order valence-corrected chi connectivity index (χ1v) is 5.95. The Morgan fingerprint density at radius 3 is 2.69 bits per heavy atom. The van der Waals surface area contributed by atoms with Crippen LogP contribution in [0.25, 0.3) is 0 Å². The molecule has 0 aromatic carbocycles. The molecule has 0 amide bonds. The summed E-state index contributed by atoms with van der Waals surface area (Å²) in [7, 11) is 2.14. The van der Waals surface area contributed by atoms with E-state index < -0.39 is 0 Å². The van der Waals surface area contributed by atoms with Crippen molar-refractivity contribution in [1.29, 1.82) is 0 Å². The number of aromatic nitrogens is 2. The summed E-state index contributed by atoms with van der Waals surface area (Å²) in [6.45, 7) is 7.28. The normalized spacial score (nSPS) is 24.2. The summed E-state index contributed by atoms with van der Waals surface area (Å²) in [5, 5.41) is 7.89. The third-order valence-corrected chi connectivity index (χ3v) is 3.52. The van der Waals surface area contributed by atoms with Gasteiger partial charge in [0.15, 0.2) is 0 Å². The van der Waals surface area contributed by atoms with Gasteiger partial charge in [0, 0.05) is 13.0 Å². The predicted molar refractivity (Wildman–Crippen MR) is 61.9 cm³/mol. The summed E-state index contributed by atoms with van der Waals surface area (Å²) < 4.78 is 5.40. The Labute approximate surface area is 97.0 Å². The van der Waals surface area contributed by atoms with Gasteiger partial charge in [-0.3, -0.25) is 4.90 Å². The molecule has 0 saturated heterocycles. The van der Waals surface area contributed by atoms with E-state index in [0.717, 1.165) is 12.4 Å². The first-order chi connectivity index (χ1) is 7.46. The second-order valence-corrected chi connectivity index (χ2v) is 5.69. The molecule has 4 nitrogen and oxygen atoms in total. The van der Waals surface area contributed by atoms with Crippen molar-refractivity contribution < 1.29 is 4.42 Å². The molecule has 16 heavy (non-hydrogen) atoms. The maximum atomic E-state index is 5.40. The molecule has 0 aliphatic heterocycles. The lowest BCUT2D eigenvalue weighted by Crippen LogP contribution is -2.29. The van der Waals surface area contributed by atoms with Gasteiger partial charge in [-0.15, -0.1) is 10.2 Å². The number of hydrogen-bond donors (Lipinski definition) is 0. The third kappa shape index (κ3) is 2.61. The van der Waals surface area contributed by atoms with Gasteiger partial charge in [0.1, 0.15) is 0 Å². The molecule has 1 saturated carbocycles. The molecule has 1 heterocycles. The van der Waals surface area contributed by atoms with Crippen LogP contribution in [0.4, 0.5) is 0 Å². The molecule has 1 fully saturated rings. The van der Waals surface area contributed by atoms with Crippen LogP contribution in [-0.4, -0.2) is 28.2 Å². The van der Waals surface area contributed by atoms with Crippen LogP contribution in [0.5, 0.6) is 0 Å². The van der Waals surface area contributed by atoms with Gasteiger partial charge >= 0.3 is 0 Å². The van der Waals surface area contributed by atoms with Crippen LogP contribution in [0.3, 0.4) is 0 Å². The summed E-state index contributed by atoms with van der Waals surface area (Å²) in [6, 6.07) is 0.655. The fraction of sp³-hybridized carbons (Fsp3) is 0.833. The summed E-state index contributed by atoms with van der Waals surface area (Å²) in [5.74, 6) is 1.37. The third-order valence-electron chi connectivity index (χ3n) is 3.52. The summed E-state index contributed by atoms with van der Waals surface area (Å²) in [6.07, 6.45) is 3.85. The maximum absolute atomic E-state index is 5.40. The van der Waals surface area contributed by atoms with E-state index in [2.05, 4.69) is 36.0 Å². The zero-order valence-electron chi connectivity index (χ0n) is 10.7. The van der Waals surface area contributed by atoms with Crippen molar-refractivity contribution in [1.82, 2.24) is 15.1 Å². The lowest BCUT2D eigenvalue weighted by Gasteiger charge is -2.24. The largest absolute Gasteiger partial charge is 0.424 e. The minimum Gasteiger partial charge on any atom is -0.424 e. The molecule has 1 unspecified atom stereocenters. The second-order valence-electron chi connectivity index (χ2n) is 5.69. The van der Waals surface area contributed by atoms with Gasteiger partial charge < -0.3 is 4.42 Å². The van der Waals surface area contributed by atoms with Crippen LogP contribution in [0, 0.1) is 12.3 Å². The molecule has 90 valence electrons. The van der Waals surface area contributed by atoms with Gasteiger partial charge in [-0.25, -0.2) is 0 Å². The molecule has 1 aromatic heterocycles.